The third-order valence-electron chi connectivity index (χ3n) is 2.76. The van der Waals surface area contributed by atoms with Crippen LogP contribution in [0.15, 0.2) is 35.8 Å². The number of nitrogens with two attached hydrogens (primary N) is 1. The molecule has 0 unspecified atom stereocenters. The number of halogens is 2. The molecular formula is C13H9F2N3S. The van der Waals surface area contributed by atoms with Crippen LogP contribution in [-0.4, -0.2) is 4.98 Å². The molecule has 0 saturated heterocycles. The Bertz CT molecular complexity index is 734. The summed E-state index contributed by atoms with van der Waals surface area (Å²) in [5, 5.41) is 2.68. The number of hydrogen-bond donors (Lipinski definition) is 2. The van der Waals surface area contributed by atoms with E-state index in [-0.39, 0.29) is 5.69 Å². The maximum Gasteiger partial charge on any atom is 0.149 e. The van der Waals surface area contributed by atoms with E-state index >= 15 is 0 Å². The number of thiazole rings is 1. The van der Waals surface area contributed by atoms with Gasteiger partial charge in [0, 0.05) is 0 Å². The number of nitrogens with one attached hydrogen (secondary N) is 1. The first-order valence-electron chi connectivity index (χ1n) is 5.49. The summed E-state index contributed by atoms with van der Waals surface area (Å²) in [6.45, 7) is 0. The van der Waals surface area contributed by atoms with Crippen molar-refractivity contribution < 1.29 is 8.78 Å². The Morgan fingerprint density at radius 1 is 1.11 bits per heavy atom. The van der Waals surface area contributed by atoms with E-state index in [1.807, 2.05) is 6.07 Å². The number of aromatic nitrogens is 1. The van der Waals surface area contributed by atoms with Crippen LogP contribution >= 0.6 is 11.3 Å². The highest BCUT2D eigenvalue weighted by molar-refractivity contribution is 7.16. The van der Waals surface area contributed by atoms with Gasteiger partial charge >= 0.3 is 0 Å². The highest BCUT2D eigenvalue weighted by atomic mass is 32.1. The molecule has 6 heteroatoms. The molecule has 19 heavy (non-hydrogen) atoms. The lowest BCUT2D eigenvalue weighted by atomic mass is 10.2. The van der Waals surface area contributed by atoms with E-state index in [0.29, 0.717) is 16.9 Å². The molecule has 0 atom stereocenters. The van der Waals surface area contributed by atoms with Gasteiger partial charge in [-0.2, -0.15) is 0 Å². The number of benzene rings is 2. The summed E-state index contributed by atoms with van der Waals surface area (Å²) in [6, 6.07) is 7.17. The van der Waals surface area contributed by atoms with Crippen molar-refractivity contribution in [2.75, 3.05) is 11.1 Å². The SMILES string of the molecule is Nc1c(Nc2c(F)cccc2F)ccc2scnc12. The van der Waals surface area contributed by atoms with E-state index in [2.05, 4.69) is 10.3 Å². The first kappa shape index (κ1) is 11.9. The minimum Gasteiger partial charge on any atom is -0.395 e. The van der Waals surface area contributed by atoms with Crippen LogP contribution in [0.3, 0.4) is 0 Å². The summed E-state index contributed by atoms with van der Waals surface area (Å²) in [4.78, 5) is 4.13. The lowest BCUT2D eigenvalue weighted by Gasteiger charge is -2.11. The van der Waals surface area contributed by atoms with E-state index in [0.717, 1.165) is 4.70 Å². The van der Waals surface area contributed by atoms with Crippen LogP contribution in [0.5, 0.6) is 0 Å². The zero-order valence-electron chi connectivity index (χ0n) is 9.65. The zero-order chi connectivity index (χ0) is 13.4. The first-order valence-corrected chi connectivity index (χ1v) is 6.37. The van der Waals surface area contributed by atoms with E-state index in [9.17, 15) is 8.78 Å². The molecule has 2 aromatic carbocycles. The topological polar surface area (TPSA) is 50.9 Å². The van der Waals surface area contributed by atoms with Crippen LogP contribution in [0.1, 0.15) is 0 Å². The summed E-state index contributed by atoms with van der Waals surface area (Å²) >= 11 is 1.46. The molecule has 0 fully saturated rings. The van der Waals surface area contributed by atoms with E-state index < -0.39 is 11.6 Å². The molecule has 0 bridgehead atoms. The second kappa shape index (κ2) is 4.47. The van der Waals surface area contributed by atoms with Crippen molar-refractivity contribution in [2.45, 2.75) is 0 Å². The molecule has 3 nitrogen and oxygen atoms in total. The smallest absolute Gasteiger partial charge is 0.149 e. The molecule has 96 valence electrons. The minimum absolute atomic E-state index is 0.219. The van der Waals surface area contributed by atoms with Crippen LogP contribution in [0.2, 0.25) is 0 Å². The first-order chi connectivity index (χ1) is 9.16. The van der Waals surface area contributed by atoms with Crippen molar-refractivity contribution in [3.8, 4) is 0 Å². The third kappa shape index (κ3) is 2.00. The highest BCUT2D eigenvalue weighted by Crippen LogP contribution is 2.33. The molecular weight excluding hydrogens is 268 g/mol. The Morgan fingerprint density at radius 2 is 1.84 bits per heavy atom. The van der Waals surface area contributed by atoms with Gasteiger partial charge in [0.1, 0.15) is 22.8 Å². The van der Waals surface area contributed by atoms with Gasteiger partial charge in [-0.3, -0.25) is 0 Å². The number of para-hydroxylation sites is 1. The summed E-state index contributed by atoms with van der Waals surface area (Å²) < 4.78 is 28.1. The Hall–Kier alpha value is -2.21. The van der Waals surface area contributed by atoms with Crippen molar-refractivity contribution in [1.82, 2.24) is 4.98 Å². The highest BCUT2D eigenvalue weighted by Gasteiger charge is 2.12. The normalized spacial score (nSPS) is 10.8. The van der Waals surface area contributed by atoms with Gasteiger partial charge in [0.15, 0.2) is 0 Å². The lowest BCUT2D eigenvalue weighted by molar-refractivity contribution is 0.591. The molecule has 0 spiro atoms. The number of rotatable bonds is 2. The number of anilines is 3. The summed E-state index contributed by atoms with van der Waals surface area (Å²) in [5.41, 5.74) is 8.84. The quantitative estimate of drug-likeness (QED) is 0.698. The Morgan fingerprint density at radius 3 is 2.58 bits per heavy atom. The molecule has 3 rings (SSSR count). The zero-order valence-corrected chi connectivity index (χ0v) is 10.5. The standard InChI is InChI=1S/C13H9F2N3S/c14-7-2-1-3-8(15)12(7)18-9-4-5-10-13(11(9)16)17-6-19-10/h1-6,18H,16H2. The fraction of sp³-hybridized carbons (Fsp3) is 0. The summed E-state index contributed by atoms with van der Waals surface area (Å²) in [6.07, 6.45) is 0. The molecule has 1 aromatic heterocycles. The van der Waals surface area contributed by atoms with Gasteiger partial charge in [-0.1, -0.05) is 6.07 Å². The molecule has 0 amide bonds. The Kier molecular flexibility index (Phi) is 2.79. The maximum absolute atomic E-state index is 13.6. The summed E-state index contributed by atoms with van der Waals surface area (Å²) in [7, 11) is 0. The van der Waals surface area contributed by atoms with Crippen molar-refractivity contribution in [3.05, 3.63) is 47.5 Å². The summed E-state index contributed by atoms with van der Waals surface area (Å²) in [5.74, 6) is -1.34. The van der Waals surface area contributed by atoms with Crippen LogP contribution < -0.4 is 11.1 Å². The Balaban J connectivity index is 2.08. The Labute approximate surface area is 111 Å². The van der Waals surface area contributed by atoms with Crippen LogP contribution in [0.4, 0.5) is 25.8 Å². The average Bonchev–Trinajstić information content (AvgIpc) is 2.85. The van der Waals surface area contributed by atoms with Gasteiger partial charge < -0.3 is 11.1 Å². The maximum atomic E-state index is 13.6. The van der Waals surface area contributed by atoms with E-state index in [1.54, 1.807) is 11.6 Å². The van der Waals surface area contributed by atoms with Crippen LogP contribution in [-0.2, 0) is 0 Å². The number of hydrogen-bond acceptors (Lipinski definition) is 4. The molecule has 0 aliphatic carbocycles. The van der Waals surface area contributed by atoms with E-state index in [4.69, 9.17) is 5.73 Å². The fourth-order valence-corrected chi connectivity index (χ4v) is 2.51. The minimum atomic E-state index is -0.669. The molecule has 1 heterocycles. The molecule has 0 radical (unpaired) electrons. The molecule has 0 aliphatic rings. The van der Waals surface area contributed by atoms with Crippen molar-refractivity contribution in [1.29, 1.82) is 0 Å². The predicted octanol–water partition coefficient (Wildman–Crippen LogP) is 3.90. The molecule has 0 saturated carbocycles. The number of nitrogen functional groups attached to an aromatic ring is 1. The van der Waals surface area contributed by atoms with Gasteiger partial charge in [-0.25, -0.2) is 13.8 Å². The lowest BCUT2D eigenvalue weighted by Crippen LogP contribution is -2.01. The number of fused-ring (bicyclic) bond motifs is 1. The molecule has 3 aromatic rings. The van der Waals surface area contributed by atoms with Crippen molar-refractivity contribution in [2.24, 2.45) is 0 Å². The van der Waals surface area contributed by atoms with Crippen molar-refractivity contribution in [3.63, 3.8) is 0 Å². The predicted molar refractivity (Wildman–Crippen MR) is 73.7 cm³/mol. The van der Waals surface area contributed by atoms with Gasteiger partial charge in [-0.15, -0.1) is 11.3 Å². The van der Waals surface area contributed by atoms with Gasteiger partial charge in [0.2, 0.25) is 0 Å². The second-order valence-electron chi connectivity index (χ2n) is 3.95. The average molecular weight is 277 g/mol. The number of nitrogens with zero attached hydrogens (tertiary/aromatic N) is 1. The monoisotopic (exact) mass is 277 g/mol. The third-order valence-corrected chi connectivity index (χ3v) is 3.56. The van der Waals surface area contributed by atoms with Crippen LogP contribution in [0.25, 0.3) is 10.2 Å². The second-order valence-corrected chi connectivity index (χ2v) is 4.83. The largest absolute Gasteiger partial charge is 0.395 e. The fourth-order valence-electron chi connectivity index (χ4n) is 1.81. The van der Waals surface area contributed by atoms with Gasteiger partial charge in [0.05, 0.1) is 21.6 Å². The van der Waals surface area contributed by atoms with E-state index in [1.165, 1.54) is 29.5 Å². The van der Waals surface area contributed by atoms with Gasteiger partial charge in [-0.05, 0) is 24.3 Å². The molecule has 3 N–H and O–H groups in total. The molecule has 0 aliphatic heterocycles. The van der Waals surface area contributed by atoms with Crippen LogP contribution in [0, 0.1) is 11.6 Å². The van der Waals surface area contributed by atoms with Crippen molar-refractivity contribution >= 4 is 38.6 Å². The van der Waals surface area contributed by atoms with Gasteiger partial charge in [0.25, 0.3) is 0 Å².